The van der Waals surface area contributed by atoms with Gasteiger partial charge in [0.2, 0.25) is 5.91 Å². The maximum atomic E-state index is 12.6. The minimum atomic E-state index is -4.47. The normalized spacial score (nSPS) is 21.0. The van der Waals surface area contributed by atoms with Crippen LogP contribution >= 0.6 is 0 Å². The number of benzene rings is 1. The molecule has 0 saturated heterocycles. The van der Waals surface area contributed by atoms with E-state index >= 15 is 0 Å². The first-order chi connectivity index (χ1) is 10.8. The SMILES string of the molecule is NC(=O)[C@@H]1CCC[C@H]1NC(=O)COc1cccc(C(F)(F)F)c1. The van der Waals surface area contributed by atoms with Gasteiger partial charge in [0.15, 0.2) is 6.61 Å². The van der Waals surface area contributed by atoms with Crippen LogP contribution in [0.4, 0.5) is 13.2 Å². The van der Waals surface area contributed by atoms with E-state index in [1.807, 2.05) is 0 Å². The van der Waals surface area contributed by atoms with Crippen molar-refractivity contribution in [3.63, 3.8) is 0 Å². The lowest BCUT2D eigenvalue weighted by Crippen LogP contribution is -2.44. The summed E-state index contributed by atoms with van der Waals surface area (Å²) < 4.78 is 42.8. The van der Waals surface area contributed by atoms with E-state index in [1.54, 1.807) is 0 Å². The molecule has 0 bridgehead atoms. The smallest absolute Gasteiger partial charge is 0.416 e. The molecule has 126 valence electrons. The zero-order valence-corrected chi connectivity index (χ0v) is 12.2. The van der Waals surface area contributed by atoms with Gasteiger partial charge in [0.1, 0.15) is 5.75 Å². The molecule has 1 aliphatic carbocycles. The van der Waals surface area contributed by atoms with Crippen LogP contribution in [-0.2, 0) is 15.8 Å². The molecule has 1 fully saturated rings. The third-order valence-corrected chi connectivity index (χ3v) is 3.76. The van der Waals surface area contributed by atoms with Gasteiger partial charge >= 0.3 is 6.18 Å². The molecule has 0 spiro atoms. The molecular weight excluding hydrogens is 313 g/mol. The number of halogens is 3. The zero-order valence-electron chi connectivity index (χ0n) is 12.2. The first-order valence-electron chi connectivity index (χ1n) is 7.16. The summed E-state index contributed by atoms with van der Waals surface area (Å²) in [6, 6.07) is 3.95. The number of hydrogen-bond donors (Lipinski definition) is 2. The van der Waals surface area contributed by atoms with Crippen molar-refractivity contribution < 1.29 is 27.5 Å². The van der Waals surface area contributed by atoms with Crippen molar-refractivity contribution in [3.05, 3.63) is 29.8 Å². The molecule has 1 aromatic carbocycles. The lowest BCUT2D eigenvalue weighted by atomic mass is 10.0. The summed E-state index contributed by atoms with van der Waals surface area (Å²) in [6.07, 6.45) is -2.43. The van der Waals surface area contributed by atoms with Gasteiger partial charge in [0.05, 0.1) is 11.5 Å². The average Bonchev–Trinajstić information content (AvgIpc) is 2.93. The van der Waals surface area contributed by atoms with Gasteiger partial charge in [0, 0.05) is 6.04 Å². The number of nitrogens with two attached hydrogens (primary N) is 1. The Morgan fingerprint density at radius 2 is 2.04 bits per heavy atom. The van der Waals surface area contributed by atoms with Crippen LogP contribution in [0.5, 0.6) is 5.75 Å². The predicted molar refractivity (Wildman–Crippen MR) is 75.4 cm³/mol. The minimum absolute atomic E-state index is 0.0483. The van der Waals surface area contributed by atoms with E-state index in [1.165, 1.54) is 12.1 Å². The van der Waals surface area contributed by atoms with Crippen molar-refractivity contribution in [2.24, 2.45) is 11.7 Å². The summed E-state index contributed by atoms with van der Waals surface area (Å²) in [5.74, 6) is -1.42. The number of alkyl halides is 3. The lowest BCUT2D eigenvalue weighted by molar-refractivity contribution is -0.137. The average molecular weight is 330 g/mol. The number of carbonyl (C=O) groups is 2. The van der Waals surface area contributed by atoms with Gasteiger partial charge in [-0.2, -0.15) is 13.2 Å². The minimum Gasteiger partial charge on any atom is -0.484 e. The molecule has 0 aromatic heterocycles. The summed E-state index contributed by atoms with van der Waals surface area (Å²) in [7, 11) is 0. The molecule has 0 heterocycles. The van der Waals surface area contributed by atoms with Crippen LogP contribution < -0.4 is 15.8 Å². The number of amides is 2. The first kappa shape index (κ1) is 17.1. The van der Waals surface area contributed by atoms with Gasteiger partial charge in [-0.3, -0.25) is 9.59 Å². The van der Waals surface area contributed by atoms with Crippen LogP contribution in [0.1, 0.15) is 24.8 Å². The number of primary amides is 1. The number of ether oxygens (including phenoxy) is 1. The van der Waals surface area contributed by atoms with Crippen molar-refractivity contribution in [1.82, 2.24) is 5.32 Å². The second kappa shape index (κ2) is 6.89. The fourth-order valence-electron chi connectivity index (χ4n) is 2.63. The van der Waals surface area contributed by atoms with Crippen molar-refractivity contribution >= 4 is 11.8 Å². The first-order valence-corrected chi connectivity index (χ1v) is 7.16. The zero-order chi connectivity index (χ0) is 17.0. The Labute approximate surface area is 131 Å². The van der Waals surface area contributed by atoms with E-state index in [0.717, 1.165) is 18.6 Å². The second-order valence-electron chi connectivity index (χ2n) is 5.43. The van der Waals surface area contributed by atoms with Gasteiger partial charge < -0.3 is 15.8 Å². The number of rotatable bonds is 5. The molecule has 2 atom stereocenters. The van der Waals surface area contributed by atoms with Crippen LogP contribution in [0.2, 0.25) is 0 Å². The molecule has 23 heavy (non-hydrogen) atoms. The Bertz CT molecular complexity index is 590. The molecule has 1 aliphatic rings. The topological polar surface area (TPSA) is 81.4 Å². The second-order valence-corrected chi connectivity index (χ2v) is 5.43. The summed E-state index contributed by atoms with van der Waals surface area (Å²) >= 11 is 0. The van der Waals surface area contributed by atoms with Crippen LogP contribution in [0.15, 0.2) is 24.3 Å². The fourth-order valence-corrected chi connectivity index (χ4v) is 2.63. The molecule has 5 nitrogen and oxygen atoms in total. The van der Waals surface area contributed by atoms with Crippen LogP contribution in [0.25, 0.3) is 0 Å². The Kier molecular flexibility index (Phi) is 5.12. The molecule has 0 radical (unpaired) electrons. The molecule has 1 aromatic rings. The summed E-state index contributed by atoms with van der Waals surface area (Å²) in [6.45, 7) is -0.427. The Morgan fingerprint density at radius 3 is 2.70 bits per heavy atom. The van der Waals surface area contributed by atoms with Crippen molar-refractivity contribution in [3.8, 4) is 5.75 Å². The highest BCUT2D eigenvalue weighted by Crippen LogP contribution is 2.31. The fraction of sp³-hybridized carbons (Fsp3) is 0.467. The van der Waals surface area contributed by atoms with Crippen LogP contribution in [0, 0.1) is 5.92 Å². The van der Waals surface area contributed by atoms with E-state index in [4.69, 9.17) is 10.5 Å². The molecule has 8 heteroatoms. The van der Waals surface area contributed by atoms with Crippen molar-refractivity contribution in [2.45, 2.75) is 31.5 Å². The van der Waals surface area contributed by atoms with Gasteiger partial charge in [-0.25, -0.2) is 0 Å². The van der Waals surface area contributed by atoms with E-state index in [0.29, 0.717) is 12.8 Å². The summed E-state index contributed by atoms with van der Waals surface area (Å²) in [5, 5.41) is 2.64. The quantitative estimate of drug-likeness (QED) is 0.864. The highest BCUT2D eigenvalue weighted by Gasteiger charge is 2.33. The number of nitrogens with one attached hydrogen (secondary N) is 1. The maximum absolute atomic E-state index is 12.6. The third kappa shape index (κ3) is 4.61. The molecule has 2 amide bonds. The Hall–Kier alpha value is -2.25. The molecule has 2 rings (SSSR count). The van der Waals surface area contributed by atoms with Crippen LogP contribution in [0.3, 0.4) is 0 Å². The Balaban J connectivity index is 1.88. The standard InChI is InChI=1S/C15H17F3N2O3/c16-15(17,18)9-3-1-4-10(7-9)23-8-13(21)20-12-6-2-5-11(12)14(19)22/h1,3-4,7,11-12H,2,5-6,8H2,(H2,19,22)(H,20,21)/t11-,12-/m1/s1. The maximum Gasteiger partial charge on any atom is 0.416 e. The van der Waals surface area contributed by atoms with E-state index in [-0.39, 0.29) is 11.8 Å². The lowest BCUT2D eigenvalue weighted by Gasteiger charge is -2.18. The highest BCUT2D eigenvalue weighted by atomic mass is 19.4. The van der Waals surface area contributed by atoms with Gasteiger partial charge in [-0.1, -0.05) is 12.5 Å². The summed E-state index contributed by atoms with van der Waals surface area (Å²) in [5.41, 5.74) is 4.41. The third-order valence-electron chi connectivity index (χ3n) is 3.76. The Morgan fingerprint density at radius 1 is 1.30 bits per heavy atom. The summed E-state index contributed by atoms with van der Waals surface area (Å²) in [4.78, 5) is 23.0. The van der Waals surface area contributed by atoms with Gasteiger partial charge in [-0.15, -0.1) is 0 Å². The van der Waals surface area contributed by atoms with Gasteiger partial charge in [0.25, 0.3) is 5.91 Å². The monoisotopic (exact) mass is 330 g/mol. The number of hydrogen-bond acceptors (Lipinski definition) is 3. The van der Waals surface area contributed by atoms with E-state index in [2.05, 4.69) is 5.32 Å². The van der Waals surface area contributed by atoms with Crippen molar-refractivity contribution in [2.75, 3.05) is 6.61 Å². The van der Waals surface area contributed by atoms with Crippen LogP contribution in [-0.4, -0.2) is 24.5 Å². The van der Waals surface area contributed by atoms with Gasteiger partial charge in [-0.05, 0) is 31.0 Å². The largest absolute Gasteiger partial charge is 0.484 e. The van der Waals surface area contributed by atoms with E-state index in [9.17, 15) is 22.8 Å². The van der Waals surface area contributed by atoms with Crippen molar-refractivity contribution in [1.29, 1.82) is 0 Å². The number of carbonyl (C=O) groups excluding carboxylic acids is 2. The predicted octanol–water partition coefficient (Wildman–Crippen LogP) is 1.85. The molecular formula is C15H17F3N2O3. The molecule has 3 N–H and O–H groups in total. The molecule has 0 aliphatic heterocycles. The van der Waals surface area contributed by atoms with E-state index < -0.39 is 36.1 Å². The highest BCUT2D eigenvalue weighted by molar-refractivity contribution is 5.81. The molecule has 0 unspecified atom stereocenters. The molecule has 1 saturated carbocycles.